The van der Waals surface area contributed by atoms with E-state index in [-0.39, 0.29) is 6.04 Å². The summed E-state index contributed by atoms with van der Waals surface area (Å²) in [6.07, 6.45) is 9.20. The van der Waals surface area contributed by atoms with Gasteiger partial charge >= 0.3 is 0 Å². The summed E-state index contributed by atoms with van der Waals surface area (Å²) >= 11 is 0. The molecule has 0 aromatic rings. The predicted octanol–water partition coefficient (Wildman–Crippen LogP) is -0.898. The Bertz CT molecular complexity index is 287. The first-order chi connectivity index (χ1) is 6.27. The molecule has 0 fully saturated rings. The third-order valence-corrected chi connectivity index (χ3v) is 1.63. The van der Waals surface area contributed by atoms with Crippen LogP contribution in [-0.4, -0.2) is 11.9 Å². The van der Waals surface area contributed by atoms with Gasteiger partial charge in [-0.25, -0.2) is 5.84 Å². The third-order valence-electron chi connectivity index (χ3n) is 1.63. The van der Waals surface area contributed by atoms with E-state index < -0.39 is 0 Å². The second kappa shape index (κ2) is 4.44. The Morgan fingerprint density at radius 2 is 2.23 bits per heavy atom. The van der Waals surface area contributed by atoms with Gasteiger partial charge in [-0.2, -0.15) is 5.10 Å². The standard InChI is InChI=1S/C8H13N5/c9-7-4-2-1-3-6(5-7)8(12-10)13-11/h1-5,7H,9-11H2,(H,12,13). The minimum absolute atomic E-state index is 0.143. The van der Waals surface area contributed by atoms with E-state index >= 15 is 0 Å². The van der Waals surface area contributed by atoms with Crippen LogP contribution in [0.5, 0.6) is 0 Å². The summed E-state index contributed by atoms with van der Waals surface area (Å²) in [4.78, 5) is 0. The Morgan fingerprint density at radius 3 is 2.85 bits per heavy atom. The van der Waals surface area contributed by atoms with Gasteiger partial charge < -0.3 is 17.0 Å². The first-order valence-corrected chi connectivity index (χ1v) is 3.85. The molecule has 1 unspecified atom stereocenters. The molecule has 0 saturated heterocycles. The fourth-order valence-corrected chi connectivity index (χ4v) is 1.02. The van der Waals surface area contributed by atoms with E-state index in [9.17, 15) is 0 Å². The Morgan fingerprint density at radius 1 is 1.46 bits per heavy atom. The van der Waals surface area contributed by atoms with E-state index in [4.69, 9.17) is 17.4 Å². The van der Waals surface area contributed by atoms with Gasteiger partial charge in [0.15, 0.2) is 5.84 Å². The molecule has 0 bridgehead atoms. The van der Waals surface area contributed by atoms with Crippen LogP contribution in [0, 0.1) is 0 Å². The van der Waals surface area contributed by atoms with Crippen molar-refractivity contribution in [3.8, 4) is 0 Å². The summed E-state index contributed by atoms with van der Waals surface area (Å²) in [5.41, 5.74) is 8.88. The monoisotopic (exact) mass is 179 g/mol. The molecule has 0 aliphatic heterocycles. The maximum absolute atomic E-state index is 5.70. The fourth-order valence-electron chi connectivity index (χ4n) is 1.02. The van der Waals surface area contributed by atoms with Gasteiger partial charge in [-0.3, -0.25) is 0 Å². The van der Waals surface area contributed by atoms with Crippen molar-refractivity contribution in [3.05, 3.63) is 36.0 Å². The molecule has 5 heteroatoms. The van der Waals surface area contributed by atoms with E-state index in [1.54, 1.807) is 0 Å². The molecule has 0 heterocycles. The maximum atomic E-state index is 5.70. The number of hydrogen-bond acceptors (Lipinski definition) is 4. The summed E-state index contributed by atoms with van der Waals surface area (Å²) in [5, 5.41) is 3.48. The van der Waals surface area contributed by atoms with Crippen LogP contribution in [0.4, 0.5) is 0 Å². The van der Waals surface area contributed by atoms with Crippen LogP contribution >= 0.6 is 0 Å². The number of hydrazine groups is 1. The molecule has 0 saturated carbocycles. The molecule has 0 amide bonds. The van der Waals surface area contributed by atoms with Crippen LogP contribution in [0.2, 0.25) is 0 Å². The van der Waals surface area contributed by atoms with Crippen molar-refractivity contribution in [1.29, 1.82) is 0 Å². The zero-order valence-electron chi connectivity index (χ0n) is 7.14. The van der Waals surface area contributed by atoms with Gasteiger partial charge in [-0.15, -0.1) is 0 Å². The predicted molar refractivity (Wildman–Crippen MR) is 53.3 cm³/mol. The number of rotatable bonds is 1. The van der Waals surface area contributed by atoms with E-state index in [2.05, 4.69) is 10.5 Å². The van der Waals surface area contributed by atoms with Crippen molar-refractivity contribution in [3.63, 3.8) is 0 Å². The van der Waals surface area contributed by atoms with E-state index in [0.717, 1.165) is 5.57 Å². The van der Waals surface area contributed by atoms with Gasteiger partial charge in [0.25, 0.3) is 0 Å². The summed E-state index contributed by atoms with van der Waals surface area (Å²) in [6, 6.07) is -0.143. The quantitative estimate of drug-likeness (QED) is 0.181. The number of nitrogens with zero attached hydrogens (tertiary/aromatic N) is 1. The molecule has 5 nitrogen and oxygen atoms in total. The normalized spacial score (nSPS) is 22.5. The first-order valence-electron chi connectivity index (χ1n) is 3.85. The molecule has 1 aliphatic rings. The highest BCUT2D eigenvalue weighted by molar-refractivity contribution is 6.00. The Kier molecular flexibility index (Phi) is 3.24. The highest BCUT2D eigenvalue weighted by atomic mass is 15.3. The van der Waals surface area contributed by atoms with Crippen molar-refractivity contribution in [2.45, 2.75) is 6.04 Å². The fraction of sp³-hybridized carbons (Fsp3) is 0.125. The molecule has 7 N–H and O–H groups in total. The number of amidine groups is 1. The second-order valence-corrected chi connectivity index (χ2v) is 2.57. The minimum Gasteiger partial charge on any atom is -0.321 e. The van der Waals surface area contributed by atoms with Crippen molar-refractivity contribution in [1.82, 2.24) is 5.43 Å². The van der Waals surface area contributed by atoms with Gasteiger partial charge in [0.1, 0.15) is 0 Å². The van der Waals surface area contributed by atoms with Crippen LogP contribution in [-0.2, 0) is 0 Å². The van der Waals surface area contributed by atoms with Crippen molar-refractivity contribution < 1.29 is 0 Å². The number of nitrogens with two attached hydrogens (primary N) is 3. The summed E-state index contributed by atoms with van der Waals surface area (Å²) in [7, 11) is 0. The molecule has 0 aromatic carbocycles. The van der Waals surface area contributed by atoms with E-state index in [0.29, 0.717) is 5.84 Å². The lowest BCUT2D eigenvalue weighted by Gasteiger charge is -2.05. The lowest BCUT2D eigenvalue weighted by Crippen LogP contribution is -2.33. The Hall–Kier alpha value is -1.59. The van der Waals surface area contributed by atoms with Crippen molar-refractivity contribution >= 4 is 5.84 Å². The highest BCUT2D eigenvalue weighted by Gasteiger charge is 2.04. The average molecular weight is 179 g/mol. The molecule has 0 spiro atoms. The molecule has 0 aromatic heterocycles. The summed E-state index contributed by atoms with van der Waals surface area (Å²) in [6.45, 7) is 0. The Balaban J connectivity index is 2.91. The van der Waals surface area contributed by atoms with Crippen LogP contribution in [0.1, 0.15) is 0 Å². The van der Waals surface area contributed by atoms with Crippen molar-refractivity contribution in [2.75, 3.05) is 0 Å². The largest absolute Gasteiger partial charge is 0.321 e. The van der Waals surface area contributed by atoms with Gasteiger partial charge in [-0.05, 0) is 0 Å². The van der Waals surface area contributed by atoms with Gasteiger partial charge in [0.05, 0.1) is 0 Å². The summed E-state index contributed by atoms with van der Waals surface area (Å²) < 4.78 is 0. The topological polar surface area (TPSA) is 102 Å². The molecule has 1 atom stereocenters. The lowest BCUT2D eigenvalue weighted by molar-refractivity contribution is 0.989. The maximum Gasteiger partial charge on any atom is 0.166 e. The summed E-state index contributed by atoms with van der Waals surface area (Å²) in [5.74, 6) is 10.7. The van der Waals surface area contributed by atoms with Crippen LogP contribution in [0.15, 0.2) is 41.1 Å². The van der Waals surface area contributed by atoms with Crippen LogP contribution < -0.4 is 22.8 Å². The van der Waals surface area contributed by atoms with Gasteiger partial charge in [0, 0.05) is 11.6 Å². The van der Waals surface area contributed by atoms with Gasteiger partial charge in [0.2, 0.25) is 0 Å². The molecule has 13 heavy (non-hydrogen) atoms. The first kappa shape index (κ1) is 9.50. The Labute approximate surface area is 76.6 Å². The average Bonchev–Trinajstić information content (AvgIpc) is 2.32. The van der Waals surface area contributed by atoms with E-state index in [1.165, 1.54) is 0 Å². The van der Waals surface area contributed by atoms with Crippen LogP contribution in [0.25, 0.3) is 0 Å². The zero-order chi connectivity index (χ0) is 9.68. The van der Waals surface area contributed by atoms with Crippen LogP contribution in [0.3, 0.4) is 0 Å². The highest BCUT2D eigenvalue weighted by Crippen LogP contribution is 2.04. The molecule has 1 rings (SSSR count). The number of nitrogens with one attached hydrogen (secondary N) is 1. The second-order valence-electron chi connectivity index (χ2n) is 2.57. The molecule has 0 radical (unpaired) electrons. The number of hydrazone groups is 1. The molecule has 70 valence electrons. The minimum atomic E-state index is -0.143. The number of hydrogen-bond donors (Lipinski definition) is 4. The third kappa shape index (κ3) is 2.43. The zero-order valence-corrected chi connectivity index (χ0v) is 7.14. The van der Waals surface area contributed by atoms with Gasteiger partial charge in [-0.1, -0.05) is 30.4 Å². The SMILES string of the molecule is N/N=C(\NN)C1=CC(N)C=CC=C1. The van der Waals surface area contributed by atoms with Crippen molar-refractivity contribution in [2.24, 2.45) is 22.5 Å². The number of allylic oxidation sites excluding steroid dienone is 2. The smallest absolute Gasteiger partial charge is 0.166 e. The lowest BCUT2D eigenvalue weighted by atomic mass is 10.2. The molecular weight excluding hydrogens is 166 g/mol. The molecular formula is C8H13N5. The van der Waals surface area contributed by atoms with E-state index in [1.807, 2.05) is 30.4 Å². The molecule has 1 aliphatic carbocycles.